The molecule has 3 rings (SSSR count). The number of hydrogen-bond donors (Lipinski definition) is 2. The molecule has 0 aromatic heterocycles. The molecule has 1 atom stereocenters. The molecule has 1 saturated carbocycles. The lowest BCUT2D eigenvalue weighted by molar-refractivity contribution is -0.190. The van der Waals surface area contributed by atoms with Gasteiger partial charge in [-0.3, -0.25) is 4.99 Å². The number of nitrogens with one attached hydrogen (secondary N) is 1. The third-order valence-corrected chi connectivity index (χ3v) is 5.07. The first-order chi connectivity index (χ1) is 12.5. The molecule has 1 aliphatic carbocycles. The van der Waals surface area contributed by atoms with E-state index in [4.69, 9.17) is 24.7 Å². The van der Waals surface area contributed by atoms with Crippen LogP contribution in [0.3, 0.4) is 0 Å². The molecule has 0 amide bonds. The number of methoxy groups -OCH3 is 2. The summed E-state index contributed by atoms with van der Waals surface area (Å²) in [6, 6.07) is 5.49. The molecule has 1 spiro atoms. The van der Waals surface area contributed by atoms with Gasteiger partial charge >= 0.3 is 0 Å². The molecule has 27 heavy (non-hydrogen) atoms. The molecule has 1 unspecified atom stereocenters. The Kier molecular flexibility index (Phi) is 7.99. The van der Waals surface area contributed by atoms with E-state index in [2.05, 4.69) is 17.2 Å². The van der Waals surface area contributed by atoms with Crippen LogP contribution in [0.2, 0.25) is 0 Å². The zero-order valence-electron chi connectivity index (χ0n) is 16.2. The minimum Gasteiger partial charge on any atom is -0.493 e. The Labute approximate surface area is 178 Å². The van der Waals surface area contributed by atoms with E-state index in [1.165, 1.54) is 0 Å². The summed E-state index contributed by atoms with van der Waals surface area (Å²) in [6.07, 6.45) is 4.19. The van der Waals surface area contributed by atoms with Crippen molar-refractivity contribution in [3.63, 3.8) is 0 Å². The summed E-state index contributed by atoms with van der Waals surface area (Å²) in [6.45, 7) is 3.33. The number of halogens is 1. The Bertz CT molecular complexity index is 648. The number of guanidine groups is 1. The fourth-order valence-corrected chi connectivity index (χ4v) is 3.47. The second-order valence-electron chi connectivity index (χ2n) is 7.06. The minimum absolute atomic E-state index is 0. The van der Waals surface area contributed by atoms with E-state index < -0.39 is 5.79 Å². The smallest absolute Gasteiger partial charge is 0.193 e. The zero-order valence-corrected chi connectivity index (χ0v) is 18.5. The van der Waals surface area contributed by atoms with Crippen molar-refractivity contribution in [3.8, 4) is 11.5 Å². The molecule has 8 heteroatoms. The lowest BCUT2D eigenvalue weighted by atomic mass is 9.86. The summed E-state index contributed by atoms with van der Waals surface area (Å²) < 4.78 is 22.6. The molecule has 3 N–H and O–H groups in total. The van der Waals surface area contributed by atoms with E-state index in [-0.39, 0.29) is 30.1 Å². The summed E-state index contributed by atoms with van der Waals surface area (Å²) in [5, 5.41) is 3.06. The van der Waals surface area contributed by atoms with Gasteiger partial charge in [0.1, 0.15) is 6.10 Å². The molecule has 2 fully saturated rings. The molecule has 7 nitrogen and oxygen atoms in total. The first-order valence-electron chi connectivity index (χ1n) is 9.14. The van der Waals surface area contributed by atoms with Crippen molar-refractivity contribution in [3.05, 3.63) is 18.2 Å². The van der Waals surface area contributed by atoms with E-state index in [1.807, 2.05) is 18.2 Å². The Morgan fingerprint density at radius 1 is 1.26 bits per heavy atom. The van der Waals surface area contributed by atoms with E-state index in [0.717, 1.165) is 37.3 Å². The van der Waals surface area contributed by atoms with E-state index in [9.17, 15) is 0 Å². The van der Waals surface area contributed by atoms with Crippen molar-refractivity contribution in [2.75, 3.05) is 32.7 Å². The van der Waals surface area contributed by atoms with Gasteiger partial charge in [0.15, 0.2) is 23.2 Å². The highest BCUT2D eigenvalue weighted by Gasteiger charge is 2.43. The first-order valence-corrected chi connectivity index (χ1v) is 9.14. The maximum atomic E-state index is 6.16. The van der Waals surface area contributed by atoms with E-state index in [0.29, 0.717) is 30.6 Å². The van der Waals surface area contributed by atoms with Crippen LogP contribution in [0.4, 0.5) is 5.69 Å². The van der Waals surface area contributed by atoms with Crippen LogP contribution >= 0.6 is 24.0 Å². The minimum atomic E-state index is -0.391. The predicted molar refractivity (Wildman–Crippen MR) is 116 cm³/mol. The Morgan fingerprint density at radius 2 is 1.96 bits per heavy atom. The van der Waals surface area contributed by atoms with Gasteiger partial charge in [-0.2, -0.15) is 0 Å². The highest BCUT2D eigenvalue weighted by molar-refractivity contribution is 14.0. The van der Waals surface area contributed by atoms with Crippen LogP contribution < -0.4 is 20.5 Å². The van der Waals surface area contributed by atoms with Crippen LogP contribution in [0.1, 0.15) is 32.6 Å². The van der Waals surface area contributed by atoms with Gasteiger partial charge in [-0.1, -0.05) is 6.92 Å². The molecule has 2 aliphatic rings. The third-order valence-electron chi connectivity index (χ3n) is 5.07. The number of rotatable bonds is 5. The standard InChI is InChI=1S/C19H29N3O4.HI/c1-13-6-8-19(9-7-13)25-12-15(26-19)11-21-18(20)22-14-4-5-16(23-2)17(10-14)24-3;/h4-5,10,13,15H,6-9,11-12H2,1-3H3,(H3,20,21,22);1H. The van der Waals surface area contributed by atoms with Crippen molar-refractivity contribution in [1.82, 2.24) is 0 Å². The third kappa shape index (κ3) is 5.61. The Morgan fingerprint density at radius 3 is 2.63 bits per heavy atom. The molecule has 1 heterocycles. The number of nitrogens with two attached hydrogens (primary N) is 1. The topological polar surface area (TPSA) is 87.3 Å². The van der Waals surface area contributed by atoms with Crippen LogP contribution in [0, 0.1) is 5.92 Å². The lowest BCUT2D eigenvalue weighted by Crippen LogP contribution is -2.35. The molecular weight excluding hydrogens is 461 g/mol. The summed E-state index contributed by atoms with van der Waals surface area (Å²) in [5.74, 6) is 1.99. The number of nitrogens with zero attached hydrogens (tertiary/aromatic N) is 1. The number of ether oxygens (including phenoxy) is 4. The number of anilines is 1. The van der Waals surface area contributed by atoms with Gasteiger partial charge < -0.3 is 30.0 Å². The van der Waals surface area contributed by atoms with Crippen LogP contribution in [0.5, 0.6) is 11.5 Å². The van der Waals surface area contributed by atoms with Gasteiger partial charge in [0.05, 0.1) is 27.4 Å². The maximum Gasteiger partial charge on any atom is 0.193 e. The average Bonchev–Trinajstić information content (AvgIpc) is 3.05. The average molecular weight is 491 g/mol. The fourth-order valence-electron chi connectivity index (χ4n) is 3.47. The lowest BCUT2D eigenvalue weighted by Gasteiger charge is -2.34. The Balaban J connectivity index is 0.00000261. The summed E-state index contributed by atoms with van der Waals surface area (Å²) >= 11 is 0. The molecule has 1 aliphatic heterocycles. The first kappa shape index (κ1) is 22.0. The zero-order chi connectivity index (χ0) is 18.6. The van der Waals surface area contributed by atoms with Gasteiger partial charge in [-0.05, 0) is 30.9 Å². The molecule has 1 aromatic rings. The molecule has 0 bridgehead atoms. The quantitative estimate of drug-likeness (QED) is 0.373. The van der Waals surface area contributed by atoms with Gasteiger partial charge in [0.2, 0.25) is 0 Å². The molecule has 1 aromatic carbocycles. The Hall–Kier alpha value is -1.26. The fraction of sp³-hybridized carbons (Fsp3) is 0.632. The van der Waals surface area contributed by atoms with Crippen molar-refractivity contribution in [1.29, 1.82) is 0 Å². The van der Waals surface area contributed by atoms with Gasteiger partial charge in [-0.15, -0.1) is 24.0 Å². The number of benzene rings is 1. The van der Waals surface area contributed by atoms with Crippen LogP contribution in [-0.2, 0) is 9.47 Å². The number of aliphatic imine (C=N–C) groups is 1. The molecule has 152 valence electrons. The largest absolute Gasteiger partial charge is 0.493 e. The summed E-state index contributed by atoms with van der Waals surface area (Å²) in [5.41, 5.74) is 6.79. The number of hydrogen-bond acceptors (Lipinski definition) is 5. The van der Waals surface area contributed by atoms with Crippen molar-refractivity contribution in [2.45, 2.75) is 44.5 Å². The van der Waals surface area contributed by atoms with Crippen LogP contribution in [0.15, 0.2) is 23.2 Å². The highest BCUT2D eigenvalue weighted by atomic mass is 127. The summed E-state index contributed by atoms with van der Waals surface area (Å²) in [4.78, 5) is 4.40. The molecular formula is C19H30IN3O4. The maximum absolute atomic E-state index is 6.16. The molecule has 0 radical (unpaired) electrons. The molecule has 1 saturated heterocycles. The van der Waals surface area contributed by atoms with Crippen molar-refractivity contribution >= 4 is 35.6 Å². The summed E-state index contributed by atoms with van der Waals surface area (Å²) in [7, 11) is 3.20. The van der Waals surface area contributed by atoms with Crippen LogP contribution in [0.25, 0.3) is 0 Å². The van der Waals surface area contributed by atoms with Crippen LogP contribution in [-0.4, -0.2) is 45.2 Å². The second-order valence-corrected chi connectivity index (χ2v) is 7.06. The highest BCUT2D eigenvalue weighted by Crippen LogP contribution is 2.39. The van der Waals surface area contributed by atoms with Gasteiger partial charge in [0.25, 0.3) is 0 Å². The van der Waals surface area contributed by atoms with Gasteiger partial charge in [-0.25, -0.2) is 0 Å². The van der Waals surface area contributed by atoms with E-state index >= 15 is 0 Å². The monoisotopic (exact) mass is 491 g/mol. The normalized spacial score (nSPS) is 27.9. The van der Waals surface area contributed by atoms with Gasteiger partial charge in [0, 0.05) is 24.6 Å². The predicted octanol–water partition coefficient (Wildman–Crippen LogP) is 3.37. The second kappa shape index (κ2) is 9.79. The van der Waals surface area contributed by atoms with E-state index in [1.54, 1.807) is 14.2 Å². The van der Waals surface area contributed by atoms with Crippen molar-refractivity contribution < 1.29 is 18.9 Å². The SMILES string of the molecule is COc1ccc(NC(N)=NCC2COC3(CCC(C)CC3)O2)cc1OC.I. The van der Waals surface area contributed by atoms with Crippen molar-refractivity contribution in [2.24, 2.45) is 16.6 Å².